The zero-order valence-electron chi connectivity index (χ0n) is 17.5. The molecule has 0 aliphatic carbocycles. The monoisotopic (exact) mass is 447 g/mol. The summed E-state index contributed by atoms with van der Waals surface area (Å²) in [7, 11) is 0. The van der Waals surface area contributed by atoms with Crippen LogP contribution in [-0.2, 0) is 0 Å². The minimum Gasteiger partial charge on any atom is -0.352 e. The summed E-state index contributed by atoms with van der Waals surface area (Å²) < 4.78 is 0. The van der Waals surface area contributed by atoms with Crippen molar-refractivity contribution in [3.8, 4) is 11.3 Å². The number of pyridine rings is 1. The van der Waals surface area contributed by atoms with Crippen molar-refractivity contribution < 1.29 is 4.79 Å². The quantitative estimate of drug-likeness (QED) is 0.485. The van der Waals surface area contributed by atoms with Crippen molar-refractivity contribution in [1.82, 2.24) is 24.8 Å². The molecule has 1 aliphatic heterocycles. The summed E-state index contributed by atoms with van der Waals surface area (Å²) in [5.74, 6) is 0.871. The number of nitrogens with zero attached hydrogens (tertiary/aromatic N) is 5. The Morgan fingerprint density at radius 1 is 1.12 bits per heavy atom. The fraction of sp³-hybridized carbons (Fsp3) is 0.217. The van der Waals surface area contributed by atoms with Crippen LogP contribution in [0.5, 0.6) is 0 Å². The first kappa shape index (κ1) is 20.3. The second-order valence-electron chi connectivity index (χ2n) is 7.80. The number of amides is 2. The molecule has 3 aromatic heterocycles. The molecule has 9 heteroatoms. The molecule has 0 saturated carbocycles. The number of H-pyrrole nitrogens is 1. The Kier molecular flexibility index (Phi) is 5.36. The highest BCUT2D eigenvalue weighted by molar-refractivity contribution is 6.30. The van der Waals surface area contributed by atoms with Gasteiger partial charge in [-0.3, -0.25) is 4.98 Å². The molecule has 0 radical (unpaired) electrons. The molecule has 0 spiro atoms. The third-order valence-corrected chi connectivity index (χ3v) is 5.93. The average molecular weight is 448 g/mol. The number of aromatic amines is 1. The SMILES string of the molecule is C[C@H]1CN(c2ncnc3[nH]c(-c4ccncc4)cc23)CCN1C(=O)Nc1ccc(Cl)cc1. The number of hydrogen-bond acceptors (Lipinski definition) is 5. The second kappa shape index (κ2) is 8.47. The van der Waals surface area contributed by atoms with Crippen LogP contribution < -0.4 is 10.2 Å². The topological polar surface area (TPSA) is 90.0 Å². The first-order valence-electron chi connectivity index (χ1n) is 10.4. The standard InChI is InChI=1S/C23H22ClN7O/c1-15-13-30(10-11-31(15)23(32)28-18-4-2-17(24)3-5-18)22-19-12-20(16-6-8-25-9-7-16)29-21(19)26-14-27-22/h2-9,12,14-15H,10-11,13H2,1H3,(H,28,32)(H,26,27,29)/t15-/m0/s1. The number of halogens is 1. The summed E-state index contributed by atoms with van der Waals surface area (Å²) in [5, 5.41) is 4.55. The predicted octanol–water partition coefficient (Wildman–Crippen LogP) is 4.42. The van der Waals surface area contributed by atoms with E-state index in [2.05, 4.69) is 36.2 Å². The number of piperazine rings is 1. The van der Waals surface area contributed by atoms with E-state index < -0.39 is 0 Å². The van der Waals surface area contributed by atoms with Crippen LogP contribution >= 0.6 is 11.6 Å². The molecule has 1 saturated heterocycles. The van der Waals surface area contributed by atoms with Crippen LogP contribution in [-0.4, -0.2) is 56.5 Å². The summed E-state index contributed by atoms with van der Waals surface area (Å²) in [5.41, 5.74) is 3.53. The predicted molar refractivity (Wildman–Crippen MR) is 126 cm³/mol. The zero-order chi connectivity index (χ0) is 22.1. The van der Waals surface area contributed by atoms with Crippen molar-refractivity contribution >= 4 is 40.2 Å². The van der Waals surface area contributed by atoms with Crippen LogP contribution in [0, 0.1) is 0 Å². The maximum absolute atomic E-state index is 12.8. The smallest absolute Gasteiger partial charge is 0.322 e. The van der Waals surface area contributed by atoms with E-state index in [0.29, 0.717) is 24.7 Å². The number of rotatable bonds is 3. The number of anilines is 2. The van der Waals surface area contributed by atoms with Gasteiger partial charge in [-0.15, -0.1) is 0 Å². The van der Waals surface area contributed by atoms with Crippen molar-refractivity contribution in [3.05, 3.63) is 66.2 Å². The molecule has 5 rings (SSSR count). The number of aromatic nitrogens is 4. The summed E-state index contributed by atoms with van der Waals surface area (Å²) in [6.07, 6.45) is 5.11. The lowest BCUT2D eigenvalue weighted by atomic mass is 10.1. The molecule has 2 amide bonds. The first-order valence-corrected chi connectivity index (χ1v) is 10.8. The van der Waals surface area contributed by atoms with Gasteiger partial charge in [0.15, 0.2) is 0 Å². The van der Waals surface area contributed by atoms with Gasteiger partial charge >= 0.3 is 6.03 Å². The maximum Gasteiger partial charge on any atom is 0.322 e. The minimum absolute atomic E-state index is 0.0136. The molecule has 1 aromatic carbocycles. The van der Waals surface area contributed by atoms with Gasteiger partial charge in [0.1, 0.15) is 17.8 Å². The molecular weight excluding hydrogens is 426 g/mol. The van der Waals surface area contributed by atoms with Gasteiger partial charge in [-0.2, -0.15) is 0 Å². The van der Waals surface area contributed by atoms with Gasteiger partial charge in [-0.1, -0.05) is 11.6 Å². The number of fused-ring (bicyclic) bond motifs is 1. The normalized spacial score (nSPS) is 16.4. The van der Waals surface area contributed by atoms with Crippen molar-refractivity contribution in [1.29, 1.82) is 0 Å². The Bertz CT molecular complexity index is 1240. The fourth-order valence-electron chi connectivity index (χ4n) is 4.05. The van der Waals surface area contributed by atoms with E-state index in [4.69, 9.17) is 11.6 Å². The third kappa shape index (κ3) is 3.97. The molecule has 1 fully saturated rings. The fourth-order valence-corrected chi connectivity index (χ4v) is 4.17. The summed E-state index contributed by atoms with van der Waals surface area (Å²) >= 11 is 5.93. The van der Waals surface area contributed by atoms with Gasteiger partial charge in [-0.25, -0.2) is 14.8 Å². The zero-order valence-corrected chi connectivity index (χ0v) is 18.3. The van der Waals surface area contributed by atoms with Gasteiger partial charge in [0, 0.05) is 60.0 Å². The molecule has 32 heavy (non-hydrogen) atoms. The van der Waals surface area contributed by atoms with Crippen molar-refractivity contribution in [2.24, 2.45) is 0 Å². The Hall–Kier alpha value is -3.65. The Balaban J connectivity index is 1.33. The number of carbonyl (C=O) groups excluding carboxylic acids is 1. The highest BCUT2D eigenvalue weighted by atomic mass is 35.5. The van der Waals surface area contributed by atoms with E-state index in [1.54, 1.807) is 43.0 Å². The number of hydrogen-bond donors (Lipinski definition) is 2. The van der Waals surface area contributed by atoms with Gasteiger partial charge in [0.2, 0.25) is 0 Å². The van der Waals surface area contributed by atoms with Crippen LogP contribution in [0.15, 0.2) is 61.2 Å². The largest absolute Gasteiger partial charge is 0.352 e. The molecule has 0 unspecified atom stereocenters. The Morgan fingerprint density at radius 2 is 1.91 bits per heavy atom. The Morgan fingerprint density at radius 3 is 2.66 bits per heavy atom. The van der Waals surface area contributed by atoms with E-state index in [0.717, 1.165) is 33.8 Å². The maximum atomic E-state index is 12.8. The molecule has 162 valence electrons. The summed E-state index contributed by atoms with van der Waals surface area (Å²) in [6, 6.07) is 13.0. The number of carbonyl (C=O) groups is 1. The van der Waals surface area contributed by atoms with E-state index >= 15 is 0 Å². The van der Waals surface area contributed by atoms with E-state index in [1.807, 2.05) is 24.0 Å². The van der Waals surface area contributed by atoms with Crippen LogP contribution in [0.25, 0.3) is 22.3 Å². The van der Waals surface area contributed by atoms with Crippen molar-refractivity contribution in [3.63, 3.8) is 0 Å². The highest BCUT2D eigenvalue weighted by Gasteiger charge is 2.29. The van der Waals surface area contributed by atoms with Gasteiger partial charge in [-0.05, 0) is 49.4 Å². The minimum atomic E-state index is -0.117. The van der Waals surface area contributed by atoms with Gasteiger partial charge in [0.25, 0.3) is 0 Å². The number of nitrogens with one attached hydrogen (secondary N) is 2. The number of urea groups is 1. The molecule has 2 N–H and O–H groups in total. The van der Waals surface area contributed by atoms with Crippen LogP contribution in [0.2, 0.25) is 5.02 Å². The molecular formula is C23H22ClN7O. The lowest BCUT2D eigenvalue weighted by Gasteiger charge is -2.40. The van der Waals surface area contributed by atoms with E-state index in [-0.39, 0.29) is 12.1 Å². The van der Waals surface area contributed by atoms with Crippen LogP contribution in [0.4, 0.5) is 16.3 Å². The summed E-state index contributed by atoms with van der Waals surface area (Å²) in [4.78, 5) is 33.3. The van der Waals surface area contributed by atoms with E-state index in [9.17, 15) is 4.79 Å². The highest BCUT2D eigenvalue weighted by Crippen LogP contribution is 2.29. The van der Waals surface area contributed by atoms with Crippen LogP contribution in [0.3, 0.4) is 0 Å². The van der Waals surface area contributed by atoms with E-state index in [1.165, 1.54) is 0 Å². The summed E-state index contributed by atoms with van der Waals surface area (Å²) in [6.45, 7) is 4.00. The average Bonchev–Trinajstić information content (AvgIpc) is 3.25. The lowest BCUT2D eigenvalue weighted by Crippen LogP contribution is -2.55. The molecule has 8 nitrogen and oxygen atoms in total. The van der Waals surface area contributed by atoms with Gasteiger partial charge < -0.3 is 20.1 Å². The van der Waals surface area contributed by atoms with Gasteiger partial charge in [0.05, 0.1) is 5.39 Å². The van der Waals surface area contributed by atoms with Crippen molar-refractivity contribution in [2.75, 3.05) is 29.9 Å². The molecule has 0 bridgehead atoms. The Labute approximate surface area is 190 Å². The number of benzene rings is 1. The van der Waals surface area contributed by atoms with Crippen LogP contribution in [0.1, 0.15) is 6.92 Å². The molecule has 1 aliphatic rings. The first-order chi connectivity index (χ1) is 15.6. The second-order valence-corrected chi connectivity index (χ2v) is 8.24. The third-order valence-electron chi connectivity index (χ3n) is 5.68. The molecule has 4 aromatic rings. The molecule has 4 heterocycles. The lowest BCUT2D eigenvalue weighted by molar-refractivity contribution is 0.184. The molecule has 1 atom stereocenters. The van der Waals surface area contributed by atoms with Crippen molar-refractivity contribution in [2.45, 2.75) is 13.0 Å².